The molecule has 1 N–H and O–H groups in total. The van der Waals surface area contributed by atoms with Crippen LogP contribution in [0.1, 0.15) is 12.8 Å². The fourth-order valence-corrected chi connectivity index (χ4v) is 3.10. The summed E-state index contributed by atoms with van der Waals surface area (Å²) in [7, 11) is 3.21. The van der Waals surface area contributed by atoms with E-state index in [9.17, 15) is 4.79 Å². The van der Waals surface area contributed by atoms with Gasteiger partial charge in [0.2, 0.25) is 0 Å². The Labute approximate surface area is 134 Å². The lowest BCUT2D eigenvalue weighted by molar-refractivity contribution is -0.142. The van der Waals surface area contributed by atoms with Gasteiger partial charge in [0.05, 0.1) is 25.7 Å². The van der Waals surface area contributed by atoms with E-state index in [1.165, 1.54) is 0 Å². The zero-order valence-electron chi connectivity index (χ0n) is 13.3. The van der Waals surface area contributed by atoms with Crippen LogP contribution in [0.25, 0.3) is 10.9 Å². The molecule has 1 fully saturated rings. The molecule has 0 aliphatic carbocycles. The first-order valence-electron chi connectivity index (χ1n) is 7.62. The second kappa shape index (κ2) is 6.32. The molecule has 6 nitrogen and oxygen atoms in total. The SMILES string of the molecule is COc1cc2nccc(N3CCC(C(=O)O)CC3)c2cc1OC. The Morgan fingerprint density at radius 1 is 1.22 bits per heavy atom. The summed E-state index contributed by atoms with van der Waals surface area (Å²) in [6.07, 6.45) is 3.09. The van der Waals surface area contributed by atoms with E-state index in [0.29, 0.717) is 24.3 Å². The number of hydrogen-bond acceptors (Lipinski definition) is 5. The fourth-order valence-electron chi connectivity index (χ4n) is 3.10. The molecule has 1 aromatic heterocycles. The Bertz CT molecular complexity index is 724. The maximum Gasteiger partial charge on any atom is 0.306 e. The minimum atomic E-state index is -0.698. The molecule has 0 amide bonds. The second-order valence-corrected chi connectivity index (χ2v) is 5.65. The third-order valence-corrected chi connectivity index (χ3v) is 4.41. The number of hydrogen-bond donors (Lipinski definition) is 1. The lowest BCUT2D eigenvalue weighted by atomic mass is 9.96. The van der Waals surface area contributed by atoms with Crippen molar-refractivity contribution in [1.82, 2.24) is 4.98 Å². The molecule has 2 heterocycles. The third kappa shape index (κ3) is 2.88. The maximum absolute atomic E-state index is 11.1. The van der Waals surface area contributed by atoms with Crippen molar-refractivity contribution in [2.75, 3.05) is 32.2 Å². The van der Waals surface area contributed by atoms with Gasteiger partial charge in [-0.25, -0.2) is 0 Å². The highest BCUT2D eigenvalue weighted by atomic mass is 16.5. The van der Waals surface area contributed by atoms with Crippen LogP contribution in [0.3, 0.4) is 0 Å². The lowest BCUT2D eigenvalue weighted by Crippen LogP contribution is -2.36. The Morgan fingerprint density at radius 3 is 2.48 bits per heavy atom. The Hall–Kier alpha value is -2.50. The average Bonchev–Trinajstić information content (AvgIpc) is 2.60. The van der Waals surface area contributed by atoms with E-state index in [1.54, 1.807) is 20.4 Å². The Balaban J connectivity index is 1.97. The Morgan fingerprint density at radius 2 is 1.87 bits per heavy atom. The number of nitrogens with zero attached hydrogens (tertiary/aromatic N) is 2. The van der Waals surface area contributed by atoms with E-state index in [2.05, 4.69) is 9.88 Å². The predicted molar refractivity (Wildman–Crippen MR) is 87.4 cm³/mol. The van der Waals surface area contributed by atoms with E-state index in [0.717, 1.165) is 29.7 Å². The van der Waals surface area contributed by atoms with Crippen LogP contribution < -0.4 is 14.4 Å². The normalized spacial score (nSPS) is 15.7. The molecule has 1 aliphatic heterocycles. The van der Waals surface area contributed by atoms with E-state index in [1.807, 2.05) is 18.2 Å². The number of anilines is 1. The topological polar surface area (TPSA) is 71.9 Å². The number of piperidine rings is 1. The van der Waals surface area contributed by atoms with Crippen LogP contribution in [0.15, 0.2) is 24.4 Å². The van der Waals surface area contributed by atoms with Gasteiger partial charge in [-0.15, -0.1) is 0 Å². The summed E-state index contributed by atoms with van der Waals surface area (Å²) >= 11 is 0. The number of aromatic nitrogens is 1. The summed E-state index contributed by atoms with van der Waals surface area (Å²) in [5, 5.41) is 10.1. The molecule has 0 saturated carbocycles. The number of pyridine rings is 1. The van der Waals surface area contributed by atoms with Crippen LogP contribution >= 0.6 is 0 Å². The number of aliphatic carboxylic acids is 1. The highest BCUT2D eigenvalue weighted by Gasteiger charge is 2.25. The van der Waals surface area contributed by atoms with Gasteiger partial charge in [0.25, 0.3) is 0 Å². The van der Waals surface area contributed by atoms with Crippen LogP contribution in [0.4, 0.5) is 5.69 Å². The van der Waals surface area contributed by atoms with E-state index < -0.39 is 5.97 Å². The van der Waals surface area contributed by atoms with Crippen molar-refractivity contribution in [1.29, 1.82) is 0 Å². The van der Waals surface area contributed by atoms with Crippen LogP contribution in [-0.2, 0) is 4.79 Å². The molecular formula is C17H20N2O4. The minimum absolute atomic E-state index is 0.242. The van der Waals surface area contributed by atoms with Crippen LogP contribution in [0.5, 0.6) is 11.5 Å². The van der Waals surface area contributed by atoms with Crippen molar-refractivity contribution >= 4 is 22.6 Å². The van der Waals surface area contributed by atoms with Crippen LogP contribution in [0, 0.1) is 5.92 Å². The van der Waals surface area contributed by atoms with E-state index in [-0.39, 0.29) is 5.92 Å². The summed E-state index contributed by atoms with van der Waals surface area (Å²) in [6, 6.07) is 5.76. The minimum Gasteiger partial charge on any atom is -0.493 e. The summed E-state index contributed by atoms with van der Waals surface area (Å²) in [5.74, 6) is 0.369. The number of carboxylic acids is 1. The summed E-state index contributed by atoms with van der Waals surface area (Å²) < 4.78 is 10.7. The summed E-state index contributed by atoms with van der Waals surface area (Å²) in [5.41, 5.74) is 1.89. The summed E-state index contributed by atoms with van der Waals surface area (Å²) in [4.78, 5) is 17.7. The first kappa shape index (κ1) is 15.4. The zero-order valence-corrected chi connectivity index (χ0v) is 13.3. The number of carboxylic acid groups (broad SMARTS) is 1. The molecule has 0 radical (unpaired) electrons. The molecule has 0 spiro atoms. The maximum atomic E-state index is 11.1. The number of rotatable bonds is 4. The van der Waals surface area contributed by atoms with Gasteiger partial charge in [0.1, 0.15) is 0 Å². The van der Waals surface area contributed by atoms with E-state index >= 15 is 0 Å². The van der Waals surface area contributed by atoms with Gasteiger partial charge in [-0.2, -0.15) is 0 Å². The van der Waals surface area contributed by atoms with Crippen molar-refractivity contribution in [3.05, 3.63) is 24.4 Å². The highest BCUT2D eigenvalue weighted by Crippen LogP contribution is 2.36. The molecule has 0 unspecified atom stereocenters. The van der Waals surface area contributed by atoms with Crippen molar-refractivity contribution in [2.45, 2.75) is 12.8 Å². The second-order valence-electron chi connectivity index (χ2n) is 5.65. The van der Waals surface area contributed by atoms with Gasteiger partial charge in [0.15, 0.2) is 11.5 Å². The number of methoxy groups -OCH3 is 2. The van der Waals surface area contributed by atoms with Gasteiger partial charge < -0.3 is 19.5 Å². The Kier molecular flexibility index (Phi) is 4.23. The van der Waals surface area contributed by atoms with Crippen molar-refractivity contribution in [2.24, 2.45) is 5.92 Å². The molecule has 1 saturated heterocycles. The van der Waals surface area contributed by atoms with Gasteiger partial charge >= 0.3 is 5.97 Å². The molecule has 2 aromatic rings. The first-order valence-corrected chi connectivity index (χ1v) is 7.62. The average molecular weight is 316 g/mol. The molecule has 122 valence electrons. The molecule has 0 atom stereocenters. The molecule has 3 rings (SSSR count). The quantitative estimate of drug-likeness (QED) is 0.934. The van der Waals surface area contributed by atoms with Crippen LogP contribution in [0.2, 0.25) is 0 Å². The standard InChI is InChI=1S/C17H20N2O4/c1-22-15-9-12-13(10-16(15)23-2)18-6-3-14(12)19-7-4-11(5-8-19)17(20)21/h3,6,9-11H,4-5,7-8H2,1-2H3,(H,20,21). The number of carbonyl (C=O) groups is 1. The fraction of sp³-hybridized carbons (Fsp3) is 0.412. The third-order valence-electron chi connectivity index (χ3n) is 4.41. The molecule has 23 heavy (non-hydrogen) atoms. The van der Waals surface area contributed by atoms with Gasteiger partial charge in [-0.1, -0.05) is 0 Å². The molecule has 6 heteroatoms. The largest absolute Gasteiger partial charge is 0.493 e. The van der Waals surface area contributed by atoms with Crippen LogP contribution in [-0.4, -0.2) is 43.4 Å². The molecular weight excluding hydrogens is 296 g/mol. The van der Waals surface area contributed by atoms with Crippen molar-refractivity contribution < 1.29 is 19.4 Å². The highest BCUT2D eigenvalue weighted by molar-refractivity contribution is 5.94. The smallest absolute Gasteiger partial charge is 0.306 e. The molecule has 1 aliphatic rings. The zero-order chi connectivity index (χ0) is 16.4. The first-order chi connectivity index (χ1) is 11.1. The summed E-state index contributed by atoms with van der Waals surface area (Å²) in [6.45, 7) is 1.45. The van der Waals surface area contributed by atoms with Gasteiger partial charge in [-0.3, -0.25) is 9.78 Å². The van der Waals surface area contributed by atoms with Gasteiger partial charge in [0, 0.05) is 36.4 Å². The monoisotopic (exact) mass is 316 g/mol. The lowest BCUT2D eigenvalue weighted by Gasteiger charge is -2.32. The number of ether oxygens (including phenoxy) is 2. The van der Waals surface area contributed by atoms with Crippen molar-refractivity contribution in [3.8, 4) is 11.5 Å². The number of fused-ring (bicyclic) bond motifs is 1. The molecule has 1 aromatic carbocycles. The van der Waals surface area contributed by atoms with Gasteiger partial charge in [-0.05, 0) is 25.0 Å². The predicted octanol–water partition coefficient (Wildman–Crippen LogP) is 2.55. The number of benzene rings is 1. The van der Waals surface area contributed by atoms with Crippen molar-refractivity contribution in [3.63, 3.8) is 0 Å². The molecule has 0 bridgehead atoms. The van der Waals surface area contributed by atoms with E-state index in [4.69, 9.17) is 14.6 Å².